The zero-order chi connectivity index (χ0) is 13.0. The minimum atomic E-state index is 0.227. The van der Waals surface area contributed by atoms with Gasteiger partial charge in [-0.15, -0.1) is 0 Å². The SMILES string of the molecule is CC(C)C(CCO)NCc1cnn2ccccc12. The molecule has 4 heteroatoms. The van der Waals surface area contributed by atoms with E-state index in [4.69, 9.17) is 5.11 Å². The summed E-state index contributed by atoms with van der Waals surface area (Å²) in [5, 5.41) is 16.9. The van der Waals surface area contributed by atoms with Crippen molar-refractivity contribution in [2.45, 2.75) is 32.9 Å². The third-order valence-corrected chi connectivity index (χ3v) is 3.31. The Bertz CT molecular complexity index is 492. The molecule has 0 radical (unpaired) electrons. The molecule has 0 aliphatic rings. The summed E-state index contributed by atoms with van der Waals surface area (Å²) in [6.45, 7) is 5.35. The number of aromatic nitrogens is 2. The molecule has 2 heterocycles. The van der Waals surface area contributed by atoms with Gasteiger partial charge in [-0.05, 0) is 24.5 Å². The van der Waals surface area contributed by atoms with Gasteiger partial charge in [-0.1, -0.05) is 19.9 Å². The molecule has 0 amide bonds. The van der Waals surface area contributed by atoms with Gasteiger partial charge in [-0.3, -0.25) is 0 Å². The lowest BCUT2D eigenvalue weighted by Gasteiger charge is -2.21. The van der Waals surface area contributed by atoms with Crippen LogP contribution in [0.15, 0.2) is 30.6 Å². The molecule has 2 N–H and O–H groups in total. The molecule has 2 aromatic rings. The molecule has 1 atom stereocenters. The van der Waals surface area contributed by atoms with Crippen LogP contribution in [-0.2, 0) is 6.54 Å². The minimum Gasteiger partial charge on any atom is -0.396 e. The highest BCUT2D eigenvalue weighted by atomic mass is 16.3. The van der Waals surface area contributed by atoms with Crippen LogP contribution in [0.1, 0.15) is 25.8 Å². The van der Waals surface area contributed by atoms with Crippen LogP contribution in [0.4, 0.5) is 0 Å². The van der Waals surface area contributed by atoms with E-state index in [0.717, 1.165) is 18.5 Å². The van der Waals surface area contributed by atoms with Crippen LogP contribution in [0.2, 0.25) is 0 Å². The maximum absolute atomic E-state index is 9.06. The van der Waals surface area contributed by atoms with Crippen LogP contribution in [0.3, 0.4) is 0 Å². The predicted octanol–water partition coefficient (Wildman–Crippen LogP) is 1.83. The molecule has 0 aliphatic carbocycles. The topological polar surface area (TPSA) is 49.6 Å². The highest BCUT2D eigenvalue weighted by Crippen LogP contribution is 2.12. The van der Waals surface area contributed by atoms with Crippen molar-refractivity contribution in [3.8, 4) is 0 Å². The van der Waals surface area contributed by atoms with Gasteiger partial charge in [0.2, 0.25) is 0 Å². The Kier molecular flexibility index (Phi) is 4.33. The molecular weight excluding hydrogens is 226 g/mol. The Morgan fingerprint density at radius 1 is 1.39 bits per heavy atom. The third-order valence-electron chi connectivity index (χ3n) is 3.31. The van der Waals surface area contributed by atoms with E-state index in [9.17, 15) is 0 Å². The van der Waals surface area contributed by atoms with E-state index in [1.54, 1.807) is 0 Å². The van der Waals surface area contributed by atoms with Crippen molar-refractivity contribution in [3.63, 3.8) is 0 Å². The first-order chi connectivity index (χ1) is 8.72. The molecular formula is C14H21N3O. The first kappa shape index (κ1) is 13.1. The summed E-state index contributed by atoms with van der Waals surface area (Å²) < 4.78 is 1.88. The van der Waals surface area contributed by atoms with Crippen molar-refractivity contribution >= 4 is 5.52 Å². The summed E-state index contributed by atoms with van der Waals surface area (Å²) in [6.07, 6.45) is 4.64. The standard InChI is InChI=1S/C14H21N3O/c1-11(2)13(6-8-18)15-9-12-10-16-17-7-4-3-5-14(12)17/h3-5,7,10-11,13,15,18H,6,8-9H2,1-2H3. The normalized spacial score (nSPS) is 13.3. The number of rotatable bonds is 6. The second kappa shape index (κ2) is 5.98. The van der Waals surface area contributed by atoms with E-state index in [1.807, 2.05) is 29.0 Å². The van der Waals surface area contributed by atoms with Gasteiger partial charge in [0.05, 0.1) is 11.7 Å². The zero-order valence-corrected chi connectivity index (χ0v) is 11.0. The molecule has 0 spiro atoms. The molecule has 1 unspecified atom stereocenters. The summed E-state index contributed by atoms with van der Waals surface area (Å²) >= 11 is 0. The Morgan fingerprint density at radius 3 is 2.94 bits per heavy atom. The van der Waals surface area contributed by atoms with Crippen LogP contribution < -0.4 is 5.32 Å². The fraction of sp³-hybridized carbons (Fsp3) is 0.500. The minimum absolute atomic E-state index is 0.227. The molecule has 2 rings (SSSR count). The summed E-state index contributed by atoms with van der Waals surface area (Å²) in [7, 11) is 0. The van der Waals surface area contributed by atoms with E-state index < -0.39 is 0 Å². The van der Waals surface area contributed by atoms with Crippen LogP contribution >= 0.6 is 0 Å². The number of nitrogens with zero attached hydrogens (tertiary/aromatic N) is 2. The smallest absolute Gasteiger partial charge is 0.0706 e. The highest BCUT2D eigenvalue weighted by molar-refractivity contribution is 5.53. The summed E-state index contributed by atoms with van der Waals surface area (Å²) in [4.78, 5) is 0. The monoisotopic (exact) mass is 247 g/mol. The Balaban J connectivity index is 2.05. The maximum atomic E-state index is 9.06. The number of hydrogen-bond acceptors (Lipinski definition) is 3. The van der Waals surface area contributed by atoms with Crippen molar-refractivity contribution in [1.82, 2.24) is 14.9 Å². The molecule has 0 saturated heterocycles. The average Bonchev–Trinajstić information content (AvgIpc) is 2.77. The number of pyridine rings is 1. The van der Waals surface area contributed by atoms with Gasteiger partial charge in [0.1, 0.15) is 0 Å². The fourth-order valence-electron chi connectivity index (χ4n) is 2.17. The number of fused-ring (bicyclic) bond motifs is 1. The number of aliphatic hydroxyl groups excluding tert-OH is 1. The first-order valence-electron chi connectivity index (χ1n) is 6.48. The molecule has 98 valence electrons. The molecule has 2 aromatic heterocycles. The number of nitrogens with one attached hydrogen (secondary N) is 1. The molecule has 18 heavy (non-hydrogen) atoms. The Morgan fingerprint density at radius 2 is 2.22 bits per heavy atom. The van der Waals surface area contributed by atoms with E-state index in [1.165, 1.54) is 5.56 Å². The molecule has 0 bridgehead atoms. The molecule has 0 aliphatic heterocycles. The summed E-state index contributed by atoms with van der Waals surface area (Å²) in [5.41, 5.74) is 2.33. The van der Waals surface area contributed by atoms with Crippen molar-refractivity contribution in [3.05, 3.63) is 36.2 Å². The lowest BCUT2D eigenvalue weighted by molar-refractivity contribution is 0.244. The molecule has 0 fully saturated rings. The average molecular weight is 247 g/mol. The van der Waals surface area contributed by atoms with Crippen molar-refractivity contribution in [2.75, 3.05) is 6.61 Å². The fourth-order valence-corrected chi connectivity index (χ4v) is 2.17. The number of aliphatic hydroxyl groups is 1. The zero-order valence-electron chi connectivity index (χ0n) is 11.0. The van der Waals surface area contributed by atoms with Crippen LogP contribution in [0, 0.1) is 5.92 Å². The number of hydrogen-bond donors (Lipinski definition) is 2. The van der Waals surface area contributed by atoms with Gasteiger partial charge in [-0.2, -0.15) is 5.10 Å². The second-order valence-corrected chi connectivity index (χ2v) is 4.94. The van der Waals surface area contributed by atoms with Gasteiger partial charge in [0.15, 0.2) is 0 Å². The van der Waals surface area contributed by atoms with E-state index in [2.05, 4.69) is 30.3 Å². The molecule has 0 saturated carbocycles. The van der Waals surface area contributed by atoms with Crippen LogP contribution in [-0.4, -0.2) is 27.4 Å². The van der Waals surface area contributed by atoms with Crippen LogP contribution in [0.25, 0.3) is 5.52 Å². The maximum Gasteiger partial charge on any atom is 0.0706 e. The van der Waals surface area contributed by atoms with Crippen molar-refractivity contribution in [2.24, 2.45) is 5.92 Å². The largest absolute Gasteiger partial charge is 0.396 e. The van der Waals surface area contributed by atoms with Crippen molar-refractivity contribution in [1.29, 1.82) is 0 Å². The second-order valence-electron chi connectivity index (χ2n) is 4.94. The lowest BCUT2D eigenvalue weighted by Crippen LogP contribution is -2.34. The lowest BCUT2D eigenvalue weighted by atomic mass is 10.0. The van der Waals surface area contributed by atoms with Crippen molar-refractivity contribution < 1.29 is 5.11 Å². The Hall–Kier alpha value is -1.39. The van der Waals surface area contributed by atoms with Gasteiger partial charge in [-0.25, -0.2) is 4.52 Å². The van der Waals surface area contributed by atoms with Gasteiger partial charge in [0, 0.05) is 31.0 Å². The van der Waals surface area contributed by atoms with Gasteiger partial charge < -0.3 is 10.4 Å². The predicted molar refractivity (Wildman–Crippen MR) is 72.4 cm³/mol. The third kappa shape index (κ3) is 2.89. The van der Waals surface area contributed by atoms with Gasteiger partial charge in [0.25, 0.3) is 0 Å². The highest BCUT2D eigenvalue weighted by Gasteiger charge is 2.13. The molecule has 0 aromatic carbocycles. The Labute approximate surface area is 108 Å². The van der Waals surface area contributed by atoms with E-state index in [0.29, 0.717) is 12.0 Å². The summed E-state index contributed by atoms with van der Waals surface area (Å²) in [6, 6.07) is 6.41. The van der Waals surface area contributed by atoms with Crippen LogP contribution in [0.5, 0.6) is 0 Å². The van der Waals surface area contributed by atoms with Gasteiger partial charge >= 0.3 is 0 Å². The van der Waals surface area contributed by atoms with E-state index in [-0.39, 0.29) is 6.61 Å². The quantitative estimate of drug-likeness (QED) is 0.819. The summed E-state index contributed by atoms with van der Waals surface area (Å²) in [5.74, 6) is 0.513. The first-order valence-corrected chi connectivity index (χ1v) is 6.48. The molecule has 4 nitrogen and oxygen atoms in total. The van der Waals surface area contributed by atoms with E-state index >= 15 is 0 Å².